The van der Waals surface area contributed by atoms with Crippen LogP contribution in [0.4, 0.5) is 0 Å². The summed E-state index contributed by atoms with van der Waals surface area (Å²) in [6, 6.07) is 0. The highest BCUT2D eigenvalue weighted by atomic mass is 16.2. The van der Waals surface area contributed by atoms with Crippen LogP contribution in [0.5, 0.6) is 0 Å². The molecule has 0 aromatic rings. The van der Waals surface area contributed by atoms with Crippen LogP contribution in [0.3, 0.4) is 0 Å². The summed E-state index contributed by atoms with van der Waals surface area (Å²) in [5.41, 5.74) is 2.21. The molecular formula is C16H34N2O. The SMILES string of the molecule is CCCCCCC(CCCC)(CCCC)C(=O)NN. The molecule has 0 aliphatic heterocycles. The Labute approximate surface area is 119 Å². The van der Waals surface area contributed by atoms with Gasteiger partial charge in [-0.1, -0.05) is 72.1 Å². The molecule has 3 N–H and O–H groups in total. The van der Waals surface area contributed by atoms with E-state index in [-0.39, 0.29) is 11.3 Å². The van der Waals surface area contributed by atoms with Gasteiger partial charge in [0.1, 0.15) is 0 Å². The van der Waals surface area contributed by atoms with Crippen molar-refractivity contribution in [1.82, 2.24) is 5.43 Å². The van der Waals surface area contributed by atoms with Crippen molar-refractivity contribution in [2.24, 2.45) is 11.3 Å². The Balaban J connectivity index is 4.63. The molecule has 0 rings (SSSR count). The lowest BCUT2D eigenvalue weighted by Crippen LogP contribution is -2.44. The molecule has 19 heavy (non-hydrogen) atoms. The minimum Gasteiger partial charge on any atom is -0.294 e. The van der Waals surface area contributed by atoms with Crippen LogP contribution in [0, 0.1) is 5.41 Å². The Morgan fingerprint density at radius 3 is 1.74 bits per heavy atom. The van der Waals surface area contributed by atoms with E-state index in [4.69, 9.17) is 5.84 Å². The number of nitrogens with one attached hydrogen (secondary N) is 1. The first-order valence-electron chi connectivity index (χ1n) is 8.17. The fourth-order valence-corrected chi connectivity index (χ4v) is 2.79. The van der Waals surface area contributed by atoms with E-state index in [0.717, 1.165) is 51.4 Å². The summed E-state index contributed by atoms with van der Waals surface area (Å²) in [6.07, 6.45) is 12.4. The first-order valence-corrected chi connectivity index (χ1v) is 8.17. The molecule has 3 nitrogen and oxygen atoms in total. The maximum atomic E-state index is 12.3. The summed E-state index contributed by atoms with van der Waals surface area (Å²) >= 11 is 0. The van der Waals surface area contributed by atoms with Gasteiger partial charge in [-0.05, 0) is 19.3 Å². The smallest absolute Gasteiger partial charge is 0.240 e. The van der Waals surface area contributed by atoms with Crippen molar-refractivity contribution in [2.45, 2.75) is 91.4 Å². The van der Waals surface area contributed by atoms with Gasteiger partial charge in [0.2, 0.25) is 5.91 Å². The summed E-state index contributed by atoms with van der Waals surface area (Å²) in [7, 11) is 0. The summed E-state index contributed by atoms with van der Waals surface area (Å²) in [4.78, 5) is 12.3. The van der Waals surface area contributed by atoms with Gasteiger partial charge >= 0.3 is 0 Å². The molecule has 0 atom stereocenters. The van der Waals surface area contributed by atoms with Crippen LogP contribution in [0.15, 0.2) is 0 Å². The van der Waals surface area contributed by atoms with Gasteiger partial charge in [-0.25, -0.2) is 5.84 Å². The van der Waals surface area contributed by atoms with Crippen molar-refractivity contribution >= 4 is 5.91 Å². The summed E-state index contributed by atoms with van der Waals surface area (Å²) in [5.74, 6) is 5.49. The summed E-state index contributed by atoms with van der Waals surface area (Å²) in [5, 5.41) is 0. The molecule has 0 radical (unpaired) electrons. The van der Waals surface area contributed by atoms with Crippen LogP contribution in [0.25, 0.3) is 0 Å². The number of nitrogens with two attached hydrogens (primary N) is 1. The van der Waals surface area contributed by atoms with Gasteiger partial charge in [-0.2, -0.15) is 0 Å². The Hall–Kier alpha value is -0.570. The molecule has 1 amide bonds. The zero-order chi connectivity index (χ0) is 14.6. The molecule has 0 aliphatic carbocycles. The lowest BCUT2D eigenvalue weighted by atomic mass is 9.73. The van der Waals surface area contributed by atoms with Gasteiger partial charge in [0.05, 0.1) is 5.41 Å². The zero-order valence-electron chi connectivity index (χ0n) is 13.3. The average molecular weight is 270 g/mol. The van der Waals surface area contributed by atoms with Crippen molar-refractivity contribution in [3.05, 3.63) is 0 Å². The molecule has 114 valence electrons. The van der Waals surface area contributed by atoms with E-state index >= 15 is 0 Å². The number of hydrogen-bond acceptors (Lipinski definition) is 2. The van der Waals surface area contributed by atoms with Crippen LogP contribution in [0.2, 0.25) is 0 Å². The number of rotatable bonds is 12. The summed E-state index contributed by atoms with van der Waals surface area (Å²) < 4.78 is 0. The second kappa shape index (κ2) is 11.3. The standard InChI is InChI=1S/C16H34N2O/c1-4-7-10-11-14-16(12-8-5-2,13-9-6-3)15(19)18-17/h4-14,17H2,1-3H3,(H,18,19). The third-order valence-electron chi connectivity index (χ3n) is 4.14. The van der Waals surface area contributed by atoms with Crippen molar-refractivity contribution in [2.75, 3.05) is 0 Å². The van der Waals surface area contributed by atoms with Gasteiger partial charge < -0.3 is 0 Å². The first-order chi connectivity index (χ1) is 9.16. The minimum atomic E-state index is -0.214. The second-order valence-electron chi connectivity index (χ2n) is 5.77. The van der Waals surface area contributed by atoms with E-state index in [1.165, 1.54) is 19.3 Å². The van der Waals surface area contributed by atoms with E-state index < -0.39 is 0 Å². The fourth-order valence-electron chi connectivity index (χ4n) is 2.79. The van der Waals surface area contributed by atoms with Gasteiger partial charge in [0.15, 0.2) is 0 Å². The van der Waals surface area contributed by atoms with Crippen molar-refractivity contribution in [3.8, 4) is 0 Å². The van der Waals surface area contributed by atoms with E-state index in [1.807, 2.05) is 0 Å². The second-order valence-corrected chi connectivity index (χ2v) is 5.77. The van der Waals surface area contributed by atoms with Gasteiger partial charge in [-0.15, -0.1) is 0 Å². The average Bonchev–Trinajstić information content (AvgIpc) is 2.45. The Bertz CT molecular complexity index is 221. The number of carbonyl (C=O) groups excluding carboxylic acids is 1. The van der Waals surface area contributed by atoms with E-state index in [2.05, 4.69) is 26.2 Å². The highest BCUT2D eigenvalue weighted by Crippen LogP contribution is 2.37. The van der Waals surface area contributed by atoms with Crippen LogP contribution >= 0.6 is 0 Å². The maximum absolute atomic E-state index is 12.3. The third-order valence-corrected chi connectivity index (χ3v) is 4.14. The predicted octanol–water partition coefficient (Wildman–Crippen LogP) is 4.31. The highest BCUT2D eigenvalue weighted by molar-refractivity contribution is 5.81. The van der Waals surface area contributed by atoms with Gasteiger partial charge in [0.25, 0.3) is 0 Å². The van der Waals surface area contributed by atoms with Gasteiger partial charge in [-0.3, -0.25) is 10.2 Å². The van der Waals surface area contributed by atoms with Crippen LogP contribution in [0.1, 0.15) is 91.4 Å². The molecular weight excluding hydrogens is 236 g/mol. The molecule has 0 fully saturated rings. The van der Waals surface area contributed by atoms with E-state index in [1.54, 1.807) is 0 Å². The Kier molecular flexibility index (Phi) is 10.9. The molecule has 0 bridgehead atoms. The largest absolute Gasteiger partial charge is 0.294 e. The number of hydrogen-bond donors (Lipinski definition) is 2. The Morgan fingerprint density at radius 1 is 0.842 bits per heavy atom. The number of carbonyl (C=O) groups is 1. The molecule has 0 saturated carbocycles. The molecule has 0 heterocycles. The summed E-state index contributed by atoms with van der Waals surface area (Å²) in [6.45, 7) is 6.58. The van der Waals surface area contributed by atoms with Crippen molar-refractivity contribution < 1.29 is 4.79 Å². The molecule has 0 aromatic carbocycles. The van der Waals surface area contributed by atoms with Crippen LogP contribution in [-0.4, -0.2) is 5.91 Å². The quantitative estimate of drug-likeness (QED) is 0.240. The van der Waals surface area contributed by atoms with Crippen LogP contribution < -0.4 is 11.3 Å². The van der Waals surface area contributed by atoms with Crippen molar-refractivity contribution in [1.29, 1.82) is 0 Å². The molecule has 0 saturated heterocycles. The molecule has 0 unspecified atom stereocenters. The first kappa shape index (κ1) is 18.4. The van der Waals surface area contributed by atoms with Crippen molar-refractivity contribution in [3.63, 3.8) is 0 Å². The topological polar surface area (TPSA) is 55.1 Å². The lowest BCUT2D eigenvalue weighted by molar-refractivity contribution is -0.132. The number of unbranched alkanes of at least 4 members (excludes halogenated alkanes) is 5. The van der Waals surface area contributed by atoms with E-state index in [0.29, 0.717) is 0 Å². The van der Waals surface area contributed by atoms with Gasteiger partial charge in [0, 0.05) is 0 Å². The lowest BCUT2D eigenvalue weighted by Gasteiger charge is -2.32. The zero-order valence-corrected chi connectivity index (χ0v) is 13.3. The molecule has 0 aliphatic rings. The normalized spacial score (nSPS) is 11.6. The number of hydrazine groups is 1. The molecule has 0 spiro atoms. The highest BCUT2D eigenvalue weighted by Gasteiger charge is 2.35. The molecule has 0 aromatic heterocycles. The minimum absolute atomic E-state index is 0.0610. The monoisotopic (exact) mass is 270 g/mol. The maximum Gasteiger partial charge on any atom is 0.240 e. The number of amides is 1. The van der Waals surface area contributed by atoms with Crippen LogP contribution in [-0.2, 0) is 4.79 Å². The van der Waals surface area contributed by atoms with E-state index in [9.17, 15) is 4.79 Å². The Morgan fingerprint density at radius 2 is 1.32 bits per heavy atom. The third kappa shape index (κ3) is 6.95. The fraction of sp³-hybridized carbons (Fsp3) is 0.938. The molecule has 3 heteroatoms. The predicted molar refractivity (Wildman–Crippen MR) is 82.6 cm³/mol.